The Labute approximate surface area is 202 Å². The molecule has 1 saturated heterocycles. The number of rotatable bonds is 8. The summed E-state index contributed by atoms with van der Waals surface area (Å²) in [6, 6.07) is 8.47. The van der Waals surface area contributed by atoms with Crippen molar-refractivity contribution in [1.82, 2.24) is 20.5 Å². The van der Waals surface area contributed by atoms with E-state index in [-0.39, 0.29) is 24.0 Å². The number of benzene rings is 1. The first-order valence-corrected chi connectivity index (χ1v) is 11.8. The predicted molar refractivity (Wildman–Crippen MR) is 139 cm³/mol. The Balaban J connectivity index is 0.00000320. The third kappa shape index (κ3) is 7.81. The van der Waals surface area contributed by atoms with Crippen molar-refractivity contribution >= 4 is 41.3 Å². The third-order valence-electron chi connectivity index (χ3n) is 5.57. The van der Waals surface area contributed by atoms with Crippen molar-refractivity contribution in [3.05, 3.63) is 51.5 Å². The minimum absolute atomic E-state index is 0. The highest BCUT2D eigenvalue weighted by molar-refractivity contribution is 14.0. The highest BCUT2D eigenvalue weighted by Crippen LogP contribution is 2.19. The first kappa shape index (κ1) is 25.1. The zero-order valence-electron chi connectivity index (χ0n) is 18.5. The van der Waals surface area contributed by atoms with Gasteiger partial charge >= 0.3 is 0 Å². The molecule has 2 heterocycles. The number of aromatic nitrogens is 1. The van der Waals surface area contributed by atoms with Crippen molar-refractivity contribution in [1.29, 1.82) is 0 Å². The molecule has 2 N–H and O–H groups in total. The average Bonchev–Trinajstić information content (AvgIpc) is 3.20. The monoisotopic (exact) mass is 541 g/mol. The maximum atomic E-state index is 4.79. The second kappa shape index (κ2) is 13.3. The van der Waals surface area contributed by atoms with E-state index in [1.54, 1.807) is 11.3 Å². The van der Waals surface area contributed by atoms with Gasteiger partial charge in [-0.05, 0) is 63.2 Å². The topological polar surface area (TPSA) is 52.6 Å². The summed E-state index contributed by atoms with van der Waals surface area (Å²) in [5.41, 5.74) is 3.82. The molecule has 0 bridgehead atoms. The first-order valence-electron chi connectivity index (χ1n) is 10.9. The predicted octanol–water partition coefficient (Wildman–Crippen LogP) is 4.60. The molecule has 1 aromatic carbocycles. The van der Waals surface area contributed by atoms with E-state index in [1.165, 1.54) is 34.7 Å². The summed E-state index contributed by atoms with van der Waals surface area (Å²) in [5, 5.41) is 10.4. The molecular formula is C23H36IN5S. The standard InChI is InChI=1S/C23H35N5S.HI/c1-4-22-27-21(17-29-22)16-28-12-10-19(11-13-28)14-25-23(24-5-2)26-15-20-9-7-6-8-18(20)3;/h6-9,17,19H,4-5,10-16H2,1-3H3,(H2,24,25,26);1H. The molecule has 5 nitrogen and oxygen atoms in total. The first-order chi connectivity index (χ1) is 14.2. The number of nitrogens with one attached hydrogen (secondary N) is 2. The molecule has 0 saturated carbocycles. The van der Waals surface area contributed by atoms with Gasteiger partial charge in [-0.3, -0.25) is 4.90 Å². The Morgan fingerprint density at radius 3 is 2.63 bits per heavy atom. The Morgan fingerprint density at radius 1 is 1.20 bits per heavy atom. The molecule has 0 unspecified atom stereocenters. The van der Waals surface area contributed by atoms with Gasteiger partial charge in [0.25, 0.3) is 0 Å². The molecule has 0 amide bonds. The molecule has 1 aliphatic rings. The number of guanidine groups is 1. The SMILES string of the molecule is CCNC(=NCc1ccccc1C)NCC1CCN(Cc2csc(CC)n2)CC1.I. The number of hydrogen-bond acceptors (Lipinski definition) is 4. The van der Waals surface area contributed by atoms with Crippen molar-refractivity contribution < 1.29 is 0 Å². The lowest BCUT2D eigenvalue weighted by atomic mass is 9.97. The van der Waals surface area contributed by atoms with Crippen LogP contribution >= 0.6 is 35.3 Å². The van der Waals surface area contributed by atoms with Crippen molar-refractivity contribution in [2.24, 2.45) is 10.9 Å². The second-order valence-electron chi connectivity index (χ2n) is 7.81. The molecule has 166 valence electrons. The zero-order valence-corrected chi connectivity index (χ0v) is 21.6. The molecular weight excluding hydrogens is 505 g/mol. The number of hydrogen-bond donors (Lipinski definition) is 2. The van der Waals surface area contributed by atoms with Gasteiger partial charge in [-0.2, -0.15) is 0 Å². The molecule has 1 fully saturated rings. The Kier molecular flexibility index (Phi) is 11.1. The van der Waals surface area contributed by atoms with Crippen LogP contribution < -0.4 is 10.6 Å². The van der Waals surface area contributed by atoms with Gasteiger partial charge in [0.05, 0.1) is 17.2 Å². The molecule has 1 aliphatic heterocycles. The van der Waals surface area contributed by atoms with Crippen molar-refractivity contribution in [2.75, 3.05) is 26.2 Å². The van der Waals surface area contributed by atoms with Crippen LogP contribution in [0.1, 0.15) is 48.5 Å². The van der Waals surface area contributed by atoms with E-state index in [9.17, 15) is 0 Å². The fraction of sp³-hybridized carbons (Fsp3) is 0.565. The van der Waals surface area contributed by atoms with Gasteiger partial charge in [0.2, 0.25) is 0 Å². The van der Waals surface area contributed by atoms with Gasteiger partial charge in [-0.1, -0.05) is 31.2 Å². The summed E-state index contributed by atoms with van der Waals surface area (Å²) in [4.78, 5) is 12.0. The van der Waals surface area contributed by atoms with Crippen LogP contribution in [0.5, 0.6) is 0 Å². The lowest BCUT2D eigenvalue weighted by Crippen LogP contribution is -2.42. The van der Waals surface area contributed by atoms with Crippen LogP contribution in [0.2, 0.25) is 0 Å². The minimum atomic E-state index is 0. The number of aryl methyl sites for hydroxylation is 2. The molecule has 0 radical (unpaired) electrons. The molecule has 2 aromatic rings. The summed E-state index contributed by atoms with van der Waals surface area (Å²) in [5.74, 6) is 1.63. The molecule has 7 heteroatoms. The van der Waals surface area contributed by atoms with E-state index in [0.29, 0.717) is 12.5 Å². The largest absolute Gasteiger partial charge is 0.357 e. The smallest absolute Gasteiger partial charge is 0.191 e. The van der Waals surface area contributed by atoms with Crippen LogP contribution in [0.4, 0.5) is 0 Å². The highest BCUT2D eigenvalue weighted by atomic mass is 127. The van der Waals surface area contributed by atoms with E-state index in [2.05, 4.69) is 66.0 Å². The minimum Gasteiger partial charge on any atom is -0.357 e. The number of aliphatic imine (C=N–C) groups is 1. The molecule has 0 atom stereocenters. The molecule has 0 spiro atoms. The van der Waals surface area contributed by atoms with Crippen LogP contribution in [0.3, 0.4) is 0 Å². The van der Waals surface area contributed by atoms with Crippen LogP contribution in [0.25, 0.3) is 0 Å². The number of piperidine rings is 1. The lowest BCUT2D eigenvalue weighted by Gasteiger charge is -2.31. The maximum absolute atomic E-state index is 4.79. The quantitative estimate of drug-likeness (QED) is 0.292. The Bertz CT molecular complexity index is 783. The summed E-state index contributed by atoms with van der Waals surface area (Å²) >= 11 is 1.79. The molecule has 30 heavy (non-hydrogen) atoms. The molecule has 0 aliphatic carbocycles. The van der Waals surface area contributed by atoms with E-state index < -0.39 is 0 Å². The highest BCUT2D eigenvalue weighted by Gasteiger charge is 2.20. The number of likely N-dealkylation sites (tertiary alicyclic amines) is 1. The lowest BCUT2D eigenvalue weighted by molar-refractivity contribution is 0.176. The summed E-state index contributed by atoms with van der Waals surface area (Å²) in [6.45, 7) is 12.3. The maximum Gasteiger partial charge on any atom is 0.191 e. The van der Waals surface area contributed by atoms with Gasteiger partial charge in [-0.15, -0.1) is 35.3 Å². The van der Waals surface area contributed by atoms with E-state index in [0.717, 1.165) is 45.1 Å². The number of halogens is 1. The van der Waals surface area contributed by atoms with Gasteiger partial charge in [0.1, 0.15) is 0 Å². The number of nitrogens with zero attached hydrogens (tertiary/aromatic N) is 3. The van der Waals surface area contributed by atoms with E-state index in [4.69, 9.17) is 9.98 Å². The Morgan fingerprint density at radius 2 is 1.97 bits per heavy atom. The van der Waals surface area contributed by atoms with Crippen molar-refractivity contribution in [2.45, 2.75) is 53.1 Å². The van der Waals surface area contributed by atoms with Crippen molar-refractivity contribution in [3.63, 3.8) is 0 Å². The fourth-order valence-electron chi connectivity index (χ4n) is 3.70. The zero-order chi connectivity index (χ0) is 20.5. The molecule has 3 rings (SSSR count). The average molecular weight is 542 g/mol. The fourth-order valence-corrected chi connectivity index (χ4v) is 4.43. The van der Waals surface area contributed by atoms with E-state index >= 15 is 0 Å². The number of thiazole rings is 1. The second-order valence-corrected chi connectivity index (χ2v) is 8.75. The van der Waals surface area contributed by atoms with E-state index in [1.807, 2.05) is 0 Å². The van der Waals surface area contributed by atoms with Crippen LogP contribution in [0, 0.1) is 12.8 Å². The van der Waals surface area contributed by atoms with Crippen LogP contribution in [0.15, 0.2) is 34.6 Å². The van der Waals surface area contributed by atoms with Gasteiger partial charge in [0.15, 0.2) is 5.96 Å². The summed E-state index contributed by atoms with van der Waals surface area (Å²) in [6.07, 6.45) is 3.50. The van der Waals surface area contributed by atoms with Crippen LogP contribution in [-0.4, -0.2) is 42.0 Å². The Hall–Kier alpha value is -1.19. The summed E-state index contributed by atoms with van der Waals surface area (Å²) < 4.78 is 0. The summed E-state index contributed by atoms with van der Waals surface area (Å²) in [7, 11) is 0. The molecule has 1 aromatic heterocycles. The normalized spacial score (nSPS) is 15.6. The van der Waals surface area contributed by atoms with Crippen LogP contribution in [-0.2, 0) is 19.5 Å². The third-order valence-corrected chi connectivity index (χ3v) is 6.61. The van der Waals surface area contributed by atoms with Crippen molar-refractivity contribution in [3.8, 4) is 0 Å². The van der Waals surface area contributed by atoms with Gasteiger partial charge < -0.3 is 10.6 Å². The van der Waals surface area contributed by atoms with Gasteiger partial charge in [0, 0.05) is 25.0 Å². The van der Waals surface area contributed by atoms with Gasteiger partial charge in [-0.25, -0.2) is 9.98 Å².